The van der Waals surface area contributed by atoms with Crippen molar-refractivity contribution in [2.45, 2.75) is 20.0 Å². The summed E-state index contributed by atoms with van der Waals surface area (Å²) in [6.45, 7) is 5.44. The van der Waals surface area contributed by atoms with Crippen molar-refractivity contribution in [1.82, 2.24) is 10.3 Å². The summed E-state index contributed by atoms with van der Waals surface area (Å²) in [4.78, 5) is 16.4. The molecule has 1 heterocycles. The van der Waals surface area contributed by atoms with Crippen molar-refractivity contribution in [3.8, 4) is 0 Å². The van der Waals surface area contributed by atoms with Gasteiger partial charge in [0.1, 0.15) is 0 Å². The molecule has 0 aromatic carbocycles. The van der Waals surface area contributed by atoms with E-state index in [1.807, 2.05) is 19.9 Å². The van der Waals surface area contributed by atoms with E-state index in [0.29, 0.717) is 18.7 Å². The minimum atomic E-state index is -0.174. The Morgan fingerprint density at radius 2 is 2.20 bits per heavy atom. The zero-order valence-corrected chi connectivity index (χ0v) is 12.5. The molecule has 0 radical (unpaired) electrons. The van der Waals surface area contributed by atoms with Crippen LogP contribution in [-0.4, -0.2) is 50.9 Å². The number of methoxy groups -OCH3 is 2. The second-order valence-corrected chi connectivity index (χ2v) is 4.42. The number of hydrogen-bond donors (Lipinski definition) is 2. The van der Waals surface area contributed by atoms with Crippen LogP contribution in [0.2, 0.25) is 0 Å². The maximum Gasteiger partial charge on any atom is 0.255 e. The average Bonchev–Trinajstić information content (AvgIpc) is 2.43. The minimum absolute atomic E-state index is 0.162. The summed E-state index contributed by atoms with van der Waals surface area (Å²) in [6, 6.07) is 1.86. The lowest BCUT2D eigenvalue weighted by Gasteiger charge is -2.16. The van der Waals surface area contributed by atoms with Crippen LogP contribution in [-0.2, 0) is 9.47 Å². The number of rotatable bonds is 8. The van der Waals surface area contributed by atoms with Crippen molar-refractivity contribution in [1.29, 1.82) is 0 Å². The molecule has 1 amide bonds. The van der Waals surface area contributed by atoms with Crippen LogP contribution >= 0.6 is 0 Å². The molecule has 0 aliphatic rings. The molecule has 2 N–H and O–H groups in total. The van der Waals surface area contributed by atoms with E-state index in [9.17, 15) is 4.79 Å². The molecule has 6 nitrogen and oxygen atoms in total. The number of carbonyl (C=O) groups is 1. The molecule has 1 unspecified atom stereocenters. The Bertz CT molecular complexity index is 438. The highest BCUT2D eigenvalue weighted by atomic mass is 16.5. The molecule has 20 heavy (non-hydrogen) atoms. The topological polar surface area (TPSA) is 72.5 Å². The minimum Gasteiger partial charge on any atom is -0.385 e. The predicted octanol–water partition coefficient (Wildman–Crippen LogP) is 1.21. The molecule has 0 aliphatic heterocycles. The SMILES string of the molecule is CCNc1cc(C)ncc1C(=O)NCC(COC)OC. The van der Waals surface area contributed by atoms with Gasteiger partial charge in [-0.3, -0.25) is 9.78 Å². The van der Waals surface area contributed by atoms with E-state index in [2.05, 4.69) is 15.6 Å². The standard InChI is InChI=1S/C14H23N3O3/c1-5-15-13-6-10(2)16-8-12(13)14(18)17-7-11(20-4)9-19-3/h6,8,11H,5,7,9H2,1-4H3,(H,15,16)(H,17,18). The maximum atomic E-state index is 12.2. The molecule has 1 aromatic heterocycles. The quantitative estimate of drug-likeness (QED) is 0.749. The third-order valence-corrected chi connectivity index (χ3v) is 2.83. The Hall–Kier alpha value is -1.66. The van der Waals surface area contributed by atoms with Crippen LogP contribution in [0.1, 0.15) is 23.0 Å². The first-order valence-electron chi connectivity index (χ1n) is 6.62. The first-order chi connectivity index (χ1) is 9.62. The molecule has 0 aliphatic carbocycles. The first-order valence-corrected chi connectivity index (χ1v) is 6.62. The number of aryl methyl sites for hydroxylation is 1. The van der Waals surface area contributed by atoms with E-state index < -0.39 is 0 Å². The number of amides is 1. The predicted molar refractivity (Wildman–Crippen MR) is 78.1 cm³/mol. The normalized spacial score (nSPS) is 12.0. The van der Waals surface area contributed by atoms with Crippen molar-refractivity contribution in [2.75, 3.05) is 39.2 Å². The summed E-state index contributed by atoms with van der Waals surface area (Å²) in [6.07, 6.45) is 1.42. The average molecular weight is 281 g/mol. The first kappa shape index (κ1) is 16.4. The van der Waals surface area contributed by atoms with Gasteiger partial charge in [0, 0.05) is 39.2 Å². The molecule has 1 atom stereocenters. The maximum absolute atomic E-state index is 12.2. The summed E-state index contributed by atoms with van der Waals surface area (Å²) in [7, 11) is 3.19. The number of ether oxygens (including phenoxy) is 2. The molecule has 0 fully saturated rings. The molecule has 0 spiro atoms. The number of aromatic nitrogens is 1. The number of hydrogen-bond acceptors (Lipinski definition) is 5. The second kappa shape index (κ2) is 8.50. The van der Waals surface area contributed by atoms with E-state index in [4.69, 9.17) is 9.47 Å². The van der Waals surface area contributed by atoms with Gasteiger partial charge in [-0.2, -0.15) is 0 Å². The van der Waals surface area contributed by atoms with Gasteiger partial charge < -0.3 is 20.1 Å². The summed E-state index contributed by atoms with van der Waals surface area (Å²) < 4.78 is 10.2. The lowest BCUT2D eigenvalue weighted by atomic mass is 10.2. The molecule has 0 bridgehead atoms. The van der Waals surface area contributed by atoms with Gasteiger partial charge in [-0.1, -0.05) is 0 Å². The second-order valence-electron chi connectivity index (χ2n) is 4.42. The van der Waals surface area contributed by atoms with Gasteiger partial charge in [0.15, 0.2) is 0 Å². The molecule has 112 valence electrons. The van der Waals surface area contributed by atoms with Gasteiger partial charge >= 0.3 is 0 Å². The zero-order chi connectivity index (χ0) is 15.0. The fourth-order valence-electron chi connectivity index (χ4n) is 1.78. The van der Waals surface area contributed by atoms with Crippen LogP contribution in [0.25, 0.3) is 0 Å². The van der Waals surface area contributed by atoms with Gasteiger partial charge in [-0.25, -0.2) is 0 Å². The van der Waals surface area contributed by atoms with Crippen LogP contribution in [0.5, 0.6) is 0 Å². The zero-order valence-electron chi connectivity index (χ0n) is 12.5. The van der Waals surface area contributed by atoms with E-state index >= 15 is 0 Å². The number of pyridine rings is 1. The Morgan fingerprint density at radius 1 is 1.45 bits per heavy atom. The monoisotopic (exact) mass is 281 g/mol. The third-order valence-electron chi connectivity index (χ3n) is 2.83. The summed E-state index contributed by atoms with van der Waals surface area (Å²) in [5, 5.41) is 6.00. The smallest absolute Gasteiger partial charge is 0.255 e. The third kappa shape index (κ3) is 4.79. The Balaban J connectivity index is 2.71. The van der Waals surface area contributed by atoms with Crippen LogP contribution < -0.4 is 10.6 Å². The van der Waals surface area contributed by atoms with Crippen molar-refractivity contribution in [3.05, 3.63) is 23.5 Å². The van der Waals surface area contributed by atoms with Gasteiger partial charge in [-0.05, 0) is 19.9 Å². The Morgan fingerprint density at radius 3 is 2.80 bits per heavy atom. The number of carbonyl (C=O) groups excluding carboxylic acids is 1. The number of nitrogens with one attached hydrogen (secondary N) is 2. The molecular weight excluding hydrogens is 258 g/mol. The summed E-state index contributed by atoms with van der Waals surface area (Å²) in [5.74, 6) is -0.174. The van der Waals surface area contributed by atoms with Gasteiger partial charge in [0.2, 0.25) is 0 Å². The van der Waals surface area contributed by atoms with Crippen LogP contribution in [0, 0.1) is 6.92 Å². The van der Waals surface area contributed by atoms with Crippen molar-refractivity contribution in [3.63, 3.8) is 0 Å². The van der Waals surface area contributed by atoms with Gasteiger partial charge in [-0.15, -0.1) is 0 Å². The van der Waals surface area contributed by atoms with E-state index in [0.717, 1.165) is 17.9 Å². The van der Waals surface area contributed by atoms with Gasteiger partial charge in [0.05, 0.1) is 24.0 Å². The Labute approximate surface area is 119 Å². The highest BCUT2D eigenvalue weighted by molar-refractivity contribution is 5.99. The molecule has 6 heteroatoms. The number of anilines is 1. The lowest BCUT2D eigenvalue weighted by Crippen LogP contribution is -2.36. The lowest BCUT2D eigenvalue weighted by molar-refractivity contribution is 0.0285. The fraction of sp³-hybridized carbons (Fsp3) is 0.571. The molecule has 0 saturated heterocycles. The molecule has 1 aromatic rings. The number of nitrogens with zero attached hydrogens (tertiary/aromatic N) is 1. The van der Waals surface area contributed by atoms with E-state index in [1.165, 1.54) is 0 Å². The summed E-state index contributed by atoms with van der Waals surface area (Å²) in [5.41, 5.74) is 2.19. The Kier molecular flexibility index (Phi) is 6.97. The van der Waals surface area contributed by atoms with Crippen molar-refractivity contribution < 1.29 is 14.3 Å². The summed E-state index contributed by atoms with van der Waals surface area (Å²) >= 11 is 0. The molecule has 1 rings (SSSR count). The van der Waals surface area contributed by atoms with E-state index in [1.54, 1.807) is 20.4 Å². The van der Waals surface area contributed by atoms with Gasteiger partial charge in [0.25, 0.3) is 5.91 Å². The van der Waals surface area contributed by atoms with Crippen LogP contribution in [0.4, 0.5) is 5.69 Å². The van der Waals surface area contributed by atoms with Crippen LogP contribution in [0.15, 0.2) is 12.3 Å². The highest BCUT2D eigenvalue weighted by Gasteiger charge is 2.14. The van der Waals surface area contributed by atoms with Crippen molar-refractivity contribution >= 4 is 11.6 Å². The van der Waals surface area contributed by atoms with E-state index in [-0.39, 0.29) is 12.0 Å². The molecule has 0 saturated carbocycles. The molecular formula is C14H23N3O3. The fourth-order valence-corrected chi connectivity index (χ4v) is 1.78. The van der Waals surface area contributed by atoms with Crippen molar-refractivity contribution in [2.24, 2.45) is 0 Å². The van der Waals surface area contributed by atoms with Crippen LogP contribution in [0.3, 0.4) is 0 Å². The largest absolute Gasteiger partial charge is 0.385 e. The highest BCUT2D eigenvalue weighted by Crippen LogP contribution is 2.15.